The SMILES string of the molecule is CSc1nc2nccc(C=Cc3cccs3)n2n1. The molecule has 0 spiro atoms. The average molecular weight is 274 g/mol. The Morgan fingerprint density at radius 3 is 3.06 bits per heavy atom. The van der Waals surface area contributed by atoms with Crippen LogP contribution in [0.1, 0.15) is 10.6 Å². The molecule has 0 fully saturated rings. The second-order valence-corrected chi connectivity index (χ2v) is 5.28. The molecule has 3 aromatic rings. The van der Waals surface area contributed by atoms with Crippen molar-refractivity contribution < 1.29 is 0 Å². The topological polar surface area (TPSA) is 43.1 Å². The molecule has 6 heteroatoms. The van der Waals surface area contributed by atoms with Gasteiger partial charge in [0, 0.05) is 11.1 Å². The van der Waals surface area contributed by atoms with E-state index in [2.05, 4.69) is 32.6 Å². The first kappa shape index (κ1) is 11.4. The molecule has 0 bridgehead atoms. The lowest BCUT2D eigenvalue weighted by atomic mass is 10.3. The molecule has 0 aliphatic rings. The molecule has 0 aromatic carbocycles. The summed E-state index contributed by atoms with van der Waals surface area (Å²) >= 11 is 3.22. The molecule has 3 aromatic heterocycles. The minimum atomic E-state index is 0.632. The van der Waals surface area contributed by atoms with Gasteiger partial charge in [0.2, 0.25) is 5.16 Å². The Balaban J connectivity index is 2.03. The first-order chi connectivity index (χ1) is 8.86. The molecule has 0 saturated carbocycles. The quantitative estimate of drug-likeness (QED) is 0.688. The van der Waals surface area contributed by atoms with Crippen molar-refractivity contribution >= 4 is 41.0 Å². The number of nitrogens with zero attached hydrogens (tertiary/aromatic N) is 4. The van der Waals surface area contributed by atoms with Gasteiger partial charge in [0.1, 0.15) is 0 Å². The van der Waals surface area contributed by atoms with Crippen molar-refractivity contribution in [3.8, 4) is 0 Å². The van der Waals surface area contributed by atoms with Crippen molar-refractivity contribution in [2.75, 3.05) is 6.26 Å². The minimum absolute atomic E-state index is 0.632. The summed E-state index contributed by atoms with van der Waals surface area (Å²) in [7, 11) is 0. The molecule has 4 nitrogen and oxygen atoms in total. The Hall–Kier alpha value is -1.66. The Morgan fingerprint density at radius 2 is 2.28 bits per heavy atom. The van der Waals surface area contributed by atoms with Crippen molar-refractivity contribution in [3.63, 3.8) is 0 Å². The van der Waals surface area contributed by atoms with E-state index >= 15 is 0 Å². The molecule has 0 aliphatic heterocycles. The van der Waals surface area contributed by atoms with Crippen LogP contribution in [0.2, 0.25) is 0 Å². The van der Waals surface area contributed by atoms with Crippen molar-refractivity contribution in [2.45, 2.75) is 5.16 Å². The van der Waals surface area contributed by atoms with Crippen molar-refractivity contribution in [3.05, 3.63) is 40.3 Å². The van der Waals surface area contributed by atoms with Gasteiger partial charge in [-0.25, -0.2) is 4.98 Å². The third-order valence-electron chi connectivity index (χ3n) is 2.39. The standard InChI is InChI=1S/C12H10N4S2/c1-17-12-14-11-13-7-6-9(16(11)15-12)4-5-10-3-2-8-18-10/h2-8H,1H3. The highest BCUT2D eigenvalue weighted by Crippen LogP contribution is 2.15. The van der Waals surface area contributed by atoms with Crippen LogP contribution in [-0.4, -0.2) is 25.8 Å². The second kappa shape index (κ2) is 4.91. The van der Waals surface area contributed by atoms with Crippen LogP contribution in [-0.2, 0) is 0 Å². The fourth-order valence-electron chi connectivity index (χ4n) is 1.56. The second-order valence-electron chi connectivity index (χ2n) is 3.53. The smallest absolute Gasteiger partial charge is 0.220 e. The first-order valence-corrected chi connectivity index (χ1v) is 7.44. The van der Waals surface area contributed by atoms with E-state index in [1.165, 1.54) is 16.6 Å². The Labute approximate surface area is 112 Å². The summed E-state index contributed by atoms with van der Waals surface area (Å²) in [6, 6.07) is 6.04. The lowest BCUT2D eigenvalue weighted by Gasteiger charge is -1.95. The van der Waals surface area contributed by atoms with E-state index in [4.69, 9.17) is 0 Å². The van der Waals surface area contributed by atoms with E-state index in [1.807, 2.05) is 24.5 Å². The highest BCUT2D eigenvalue weighted by molar-refractivity contribution is 7.98. The van der Waals surface area contributed by atoms with Gasteiger partial charge in [-0.3, -0.25) is 0 Å². The summed E-state index contributed by atoms with van der Waals surface area (Å²) in [5.41, 5.74) is 0.973. The van der Waals surface area contributed by atoms with Gasteiger partial charge in [0.05, 0.1) is 5.69 Å². The van der Waals surface area contributed by atoms with Gasteiger partial charge in [-0.1, -0.05) is 17.8 Å². The summed E-state index contributed by atoms with van der Waals surface area (Å²) < 4.78 is 1.76. The van der Waals surface area contributed by atoms with E-state index in [1.54, 1.807) is 22.0 Å². The van der Waals surface area contributed by atoms with E-state index < -0.39 is 0 Å². The Bertz CT molecular complexity index is 685. The number of rotatable bonds is 3. The van der Waals surface area contributed by atoms with Crippen molar-refractivity contribution in [2.24, 2.45) is 0 Å². The van der Waals surface area contributed by atoms with E-state index in [9.17, 15) is 0 Å². The molecule has 0 aliphatic carbocycles. The molecule has 3 rings (SSSR count). The predicted molar refractivity (Wildman–Crippen MR) is 75.8 cm³/mol. The number of hydrogen-bond acceptors (Lipinski definition) is 5. The van der Waals surface area contributed by atoms with Crippen LogP contribution in [0.3, 0.4) is 0 Å². The molecular formula is C12H10N4S2. The Kier molecular flexibility index (Phi) is 3.12. The van der Waals surface area contributed by atoms with Crippen molar-refractivity contribution in [1.29, 1.82) is 0 Å². The fourth-order valence-corrected chi connectivity index (χ4v) is 2.51. The maximum absolute atomic E-state index is 4.39. The normalized spacial score (nSPS) is 11.6. The van der Waals surface area contributed by atoms with Gasteiger partial charge in [0.15, 0.2) is 0 Å². The third kappa shape index (κ3) is 2.16. The lowest BCUT2D eigenvalue weighted by Crippen LogP contribution is -1.94. The van der Waals surface area contributed by atoms with Crippen LogP contribution in [0.5, 0.6) is 0 Å². The maximum atomic E-state index is 4.39. The van der Waals surface area contributed by atoms with Gasteiger partial charge in [-0.2, -0.15) is 9.50 Å². The molecular weight excluding hydrogens is 264 g/mol. The lowest BCUT2D eigenvalue weighted by molar-refractivity contribution is 0.872. The number of hydrogen-bond donors (Lipinski definition) is 0. The molecule has 0 unspecified atom stereocenters. The van der Waals surface area contributed by atoms with E-state index in [0.717, 1.165) is 10.9 Å². The zero-order valence-electron chi connectivity index (χ0n) is 9.65. The third-order valence-corrected chi connectivity index (χ3v) is 3.77. The molecule has 0 amide bonds. The number of aromatic nitrogens is 4. The van der Waals surface area contributed by atoms with E-state index in [0.29, 0.717) is 5.78 Å². The van der Waals surface area contributed by atoms with Crippen LogP contribution in [0, 0.1) is 0 Å². The summed E-state index contributed by atoms with van der Waals surface area (Å²) in [6.07, 6.45) is 7.80. The summed E-state index contributed by atoms with van der Waals surface area (Å²) in [6.45, 7) is 0. The Morgan fingerprint density at radius 1 is 1.33 bits per heavy atom. The van der Waals surface area contributed by atoms with Crippen molar-refractivity contribution in [1.82, 2.24) is 19.6 Å². The van der Waals surface area contributed by atoms with Crippen LogP contribution in [0.4, 0.5) is 0 Å². The van der Waals surface area contributed by atoms with Gasteiger partial charge < -0.3 is 0 Å². The molecule has 18 heavy (non-hydrogen) atoms. The van der Waals surface area contributed by atoms with Crippen LogP contribution >= 0.6 is 23.1 Å². The highest BCUT2D eigenvalue weighted by atomic mass is 32.2. The number of thiophene rings is 1. The monoisotopic (exact) mass is 274 g/mol. The number of fused-ring (bicyclic) bond motifs is 1. The van der Waals surface area contributed by atoms with Gasteiger partial charge in [0.25, 0.3) is 5.78 Å². The van der Waals surface area contributed by atoms with Gasteiger partial charge in [-0.15, -0.1) is 16.4 Å². The van der Waals surface area contributed by atoms with Gasteiger partial charge in [-0.05, 0) is 35.9 Å². The zero-order chi connectivity index (χ0) is 12.4. The molecule has 0 radical (unpaired) electrons. The first-order valence-electron chi connectivity index (χ1n) is 5.34. The molecule has 0 atom stereocenters. The zero-order valence-corrected chi connectivity index (χ0v) is 11.3. The average Bonchev–Trinajstić information content (AvgIpc) is 3.04. The van der Waals surface area contributed by atoms with Crippen LogP contribution in [0.15, 0.2) is 34.9 Å². The molecule has 0 N–H and O–H groups in total. The minimum Gasteiger partial charge on any atom is -0.220 e. The van der Waals surface area contributed by atoms with Crippen LogP contribution < -0.4 is 0 Å². The highest BCUT2D eigenvalue weighted by Gasteiger charge is 2.05. The summed E-state index contributed by atoms with van der Waals surface area (Å²) in [5.74, 6) is 0.632. The largest absolute Gasteiger partial charge is 0.253 e. The molecule has 0 saturated heterocycles. The molecule has 3 heterocycles. The number of thioether (sulfide) groups is 1. The van der Waals surface area contributed by atoms with Crippen LogP contribution in [0.25, 0.3) is 17.9 Å². The predicted octanol–water partition coefficient (Wildman–Crippen LogP) is 3.08. The summed E-state index contributed by atoms with van der Waals surface area (Å²) in [4.78, 5) is 9.72. The molecule has 90 valence electrons. The summed E-state index contributed by atoms with van der Waals surface area (Å²) in [5, 5.41) is 7.18. The fraction of sp³-hybridized carbons (Fsp3) is 0.0833. The maximum Gasteiger partial charge on any atom is 0.253 e. The van der Waals surface area contributed by atoms with E-state index in [-0.39, 0.29) is 0 Å². The van der Waals surface area contributed by atoms with Gasteiger partial charge >= 0.3 is 0 Å².